The van der Waals surface area contributed by atoms with Gasteiger partial charge < -0.3 is 5.32 Å². The Labute approximate surface area is 128 Å². The van der Waals surface area contributed by atoms with Crippen LogP contribution >= 0.6 is 0 Å². The van der Waals surface area contributed by atoms with E-state index in [0.29, 0.717) is 17.9 Å². The van der Waals surface area contributed by atoms with Crippen molar-refractivity contribution in [1.82, 2.24) is 10.3 Å². The van der Waals surface area contributed by atoms with Crippen LogP contribution in [0.4, 0.5) is 10.6 Å². The number of nitrogens with zero attached hydrogens (tertiary/aromatic N) is 1. The van der Waals surface area contributed by atoms with Crippen LogP contribution in [0.3, 0.4) is 0 Å². The lowest BCUT2D eigenvalue weighted by molar-refractivity contribution is 0.251. The topological polar surface area (TPSA) is 114 Å². The number of nitrogens with one attached hydrogen (secondary N) is 2. The summed E-state index contributed by atoms with van der Waals surface area (Å²) in [6.07, 6.45) is 1.58. The normalized spacial score (nSPS) is 11.0. The van der Waals surface area contributed by atoms with E-state index >= 15 is 0 Å². The Morgan fingerprint density at radius 2 is 1.77 bits per heavy atom. The summed E-state index contributed by atoms with van der Waals surface area (Å²) in [6.45, 7) is 0.314. The van der Waals surface area contributed by atoms with Gasteiger partial charge in [-0.05, 0) is 23.3 Å². The van der Waals surface area contributed by atoms with E-state index in [0.717, 1.165) is 5.56 Å². The van der Waals surface area contributed by atoms with Crippen molar-refractivity contribution in [3.8, 4) is 0 Å². The van der Waals surface area contributed by atoms with E-state index in [9.17, 15) is 13.2 Å². The second-order valence-corrected chi connectivity index (χ2v) is 6.26. The minimum atomic E-state index is -3.54. The molecule has 0 saturated heterocycles. The van der Waals surface area contributed by atoms with Crippen LogP contribution in [0.5, 0.6) is 0 Å². The number of rotatable bonds is 5. The van der Waals surface area contributed by atoms with Crippen LogP contribution in [-0.2, 0) is 22.3 Å². The summed E-state index contributed by atoms with van der Waals surface area (Å²) in [7, 11) is -3.54. The van der Waals surface area contributed by atoms with Crippen LogP contribution in [0.25, 0.3) is 0 Å². The Morgan fingerprint density at radius 1 is 1.09 bits per heavy atom. The van der Waals surface area contributed by atoms with Crippen molar-refractivity contribution < 1.29 is 13.2 Å². The fraction of sp³-hybridized carbons (Fsp3) is 0.143. The van der Waals surface area contributed by atoms with E-state index in [1.54, 1.807) is 48.7 Å². The highest BCUT2D eigenvalue weighted by Crippen LogP contribution is 2.07. The predicted molar refractivity (Wildman–Crippen MR) is 83.3 cm³/mol. The molecule has 0 atom stereocenters. The fourth-order valence-electron chi connectivity index (χ4n) is 1.77. The van der Waals surface area contributed by atoms with Gasteiger partial charge in [-0.1, -0.05) is 30.3 Å². The van der Waals surface area contributed by atoms with E-state index in [1.165, 1.54) is 0 Å². The smallest absolute Gasteiger partial charge is 0.320 e. The van der Waals surface area contributed by atoms with Crippen molar-refractivity contribution in [2.75, 3.05) is 5.32 Å². The molecule has 2 amide bonds. The highest BCUT2D eigenvalue weighted by atomic mass is 32.2. The van der Waals surface area contributed by atoms with Gasteiger partial charge in [0.15, 0.2) is 0 Å². The fourth-order valence-corrected chi connectivity index (χ4v) is 2.42. The lowest BCUT2D eigenvalue weighted by atomic mass is 10.1. The summed E-state index contributed by atoms with van der Waals surface area (Å²) in [5.41, 5.74) is 1.44. The summed E-state index contributed by atoms with van der Waals surface area (Å²) >= 11 is 0. The SMILES string of the molecule is NS(=O)(=O)Cc1ccc(CNC(=O)Nc2ccccn2)cc1. The highest BCUT2D eigenvalue weighted by molar-refractivity contribution is 7.88. The summed E-state index contributed by atoms with van der Waals surface area (Å²) in [4.78, 5) is 15.7. The molecule has 0 saturated carbocycles. The number of urea groups is 1. The number of primary sulfonamides is 1. The van der Waals surface area contributed by atoms with E-state index in [1.807, 2.05) is 0 Å². The number of anilines is 1. The maximum atomic E-state index is 11.7. The molecule has 22 heavy (non-hydrogen) atoms. The number of sulfonamides is 1. The molecule has 0 fully saturated rings. The average Bonchev–Trinajstić information content (AvgIpc) is 2.46. The monoisotopic (exact) mass is 320 g/mol. The van der Waals surface area contributed by atoms with E-state index in [-0.39, 0.29) is 11.8 Å². The average molecular weight is 320 g/mol. The third-order valence-corrected chi connectivity index (χ3v) is 3.49. The van der Waals surface area contributed by atoms with E-state index in [2.05, 4.69) is 15.6 Å². The van der Waals surface area contributed by atoms with Gasteiger partial charge in [0.25, 0.3) is 0 Å². The first kappa shape index (κ1) is 15.9. The van der Waals surface area contributed by atoms with Gasteiger partial charge in [-0.25, -0.2) is 23.3 Å². The molecule has 1 aromatic carbocycles. The van der Waals surface area contributed by atoms with Crippen LogP contribution in [0, 0.1) is 0 Å². The van der Waals surface area contributed by atoms with Crippen LogP contribution in [0.15, 0.2) is 48.7 Å². The van der Waals surface area contributed by atoms with Gasteiger partial charge in [-0.2, -0.15) is 0 Å². The van der Waals surface area contributed by atoms with Gasteiger partial charge in [0.05, 0.1) is 5.75 Å². The third kappa shape index (κ3) is 5.51. The second kappa shape index (κ2) is 7.01. The van der Waals surface area contributed by atoms with Crippen molar-refractivity contribution in [2.45, 2.75) is 12.3 Å². The highest BCUT2D eigenvalue weighted by Gasteiger charge is 2.05. The maximum Gasteiger partial charge on any atom is 0.320 e. The van der Waals surface area contributed by atoms with E-state index < -0.39 is 10.0 Å². The van der Waals surface area contributed by atoms with Gasteiger partial charge in [-0.15, -0.1) is 0 Å². The molecule has 0 bridgehead atoms. The molecule has 1 heterocycles. The first-order valence-corrected chi connectivity index (χ1v) is 8.18. The summed E-state index contributed by atoms with van der Waals surface area (Å²) in [5, 5.41) is 10.3. The number of carbonyl (C=O) groups is 1. The van der Waals surface area contributed by atoms with Crippen LogP contribution in [0.2, 0.25) is 0 Å². The number of benzene rings is 1. The number of aromatic nitrogens is 1. The first-order valence-electron chi connectivity index (χ1n) is 6.46. The molecule has 0 aliphatic rings. The van der Waals surface area contributed by atoms with Crippen molar-refractivity contribution in [3.05, 3.63) is 59.8 Å². The van der Waals surface area contributed by atoms with Gasteiger partial charge in [0.2, 0.25) is 10.0 Å². The maximum absolute atomic E-state index is 11.7. The lowest BCUT2D eigenvalue weighted by Crippen LogP contribution is -2.28. The van der Waals surface area contributed by atoms with Crippen LogP contribution < -0.4 is 15.8 Å². The zero-order valence-electron chi connectivity index (χ0n) is 11.7. The summed E-state index contributed by atoms with van der Waals surface area (Å²) in [5.74, 6) is 0.254. The van der Waals surface area contributed by atoms with Crippen molar-refractivity contribution >= 4 is 21.9 Å². The molecule has 1 aromatic heterocycles. The molecule has 0 aliphatic heterocycles. The molecular formula is C14H16N4O3S. The molecule has 0 unspecified atom stereocenters. The van der Waals surface area contributed by atoms with Gasteiger partial charge in [0, 0.05) is 12.7 Å². The zero-order chi connectivity index (χ0) is 16.0. The predicted octanol–water partition coefficient (Wildman–Crippen LogP) is 1.19. The van der Waals surface area contributed by atoms with Crippen LogP contribution in [0.1, 0.15) is 11.1 Å². The number of nitrogens with two attached hydrogens (primary N) is 1. The third-order valence-electron chi connectivity index (χ3n) is 2.75. The van der Waals surface area contributed by atoms with Crippen molar-refractivity contribution in [2.24, 2.45) is 5.14 Å². The van der Waals surface area contributed by atoms with Crippen molar-refractivity contribution in [3.63, 3.8) is 0 Å². The van der Waals surface area contributed by atoms with E-state index in [4.69, 9.17) is 5.14 Å². The van der Waals surface area contributed by atoms with Gasteiger partial charge in [-0.3, -0.25) is 5.32 Å². The molecule has 0 aliphatic carbocycles. The molecular weight excluding hydrogens is 304 g/mol. The van der Waals surface area contributed by atoms with Gasteiger partial charge >= 0.3 is 6.03 Å². The Kier molecular flexibility index (Phi) is 5.08. The quantitative estimate of drug-likeness (QED) is 0.767. The molecule has 2 rings (SSSR count). The molecule has 116 valence electrons. The Balaban J connectivity index is 1.85. The molecule has 2 aromatic rings. The number of pyridine rings is 1. The molecule has 8 heteroatoms. The minimum Gasteiger partial charge on any atom is -0.334 e. The zero-order valence-corrected chi connectivity index (χ0v) is 12.5. The summed E-state index contributed by atoms with van der Waals surface area (Å²) < 4.78 is 22.0. The number of carbonyl (C=O) groups excluding carboxylic acids is 1. The first-order chi connectivity index (χ1) is 10.4. The lowest BCUT2D eigenvalue weighted by Gasteiger charge is -2.07. The standard InChI is InChI=1S/C14H16N4O3S/c15-22(20,21)10-12-6-4-11(5-7-12)9-17-14(19)18-13-3-1-2-8-16-13/h1-8H,9-10H2,(H2,15,20,21)(H2,16,17,18,19). The Morgan fingerprint density at radius 3 is 2.36 bits per heavy atom. The summed E-state index contributed by atoms with van der Waals surface area (Å²) in [6, 6.07) is 11.6. The molecule has 0 spiro atoms. The number of hydrogen-bond donors (Lipinski definition) is 3. The largest absolute Gasteiger partial charge is 0.334 e. The molecule has 0 radical (unpaired) electrons. The van der Waals surface area contributed by atoms with Gasteiger partial charge in [0.1, 0.15) is 5.82 Å². The molecule has 4 N–H and O–H groups in total. The van der Waals surface area contributed by atoms with Crippen LogP contribution in [-0.4, -0.2) is 19.4 Å². The minimum absolute atomic E-state index is 0.207. The Hall–Kier alpha value is -2.45. The second-order valence-electron chi connectivity index (χ2n) is 4.65. The number of amides is 2. The van der Waals surface area contributed by atoms with Crippen molar-refractivity contribution in [1.29, 1.82) is 0 Å². The number of hydrogen-bond acceptors (Lipinski definition) is 4. The Bertz CT molecular complexity index is 730. The molecule has 7 nitrogen and oxygen atoms in total.